The molecule has 2 N–H and O–H groups in total. The Morgan fingerprint density at radius 2 is 1.60 bits per heavy atom. The maximum atomic E-state index is 13.1. The molecule has 0 amide bonds. The molecule has 0 fully saturated rings. The fraction of sp³-hybridized carbons (Fsp3) is 0.250. The molecule has 0 radical (unpaired) electrons. The van der Waals surface area contributed by atoms with Crippen LogP contribution in [0.25, 0.3) is 0 Å². The van der Waals surface area contributed by atoms with Crippen LogP contribution < -0.4 is 15.2 Å². The maximum absolute atomic E-state index is 13.1. The van der Waals surface area contributed by atoms with Gasteiger partial charge in [0.2, 0.25) is 0 Å². The summed E-state index contributed by atoms with van der Waals surface area (Å²) >= 11 is 0. The van der Waals surface area contributed by atoms with Gasteiger partial charge in [0.25, 0.3) is 0 Å². The largest absolute Gasteiger partial charge is 0.494 e. The number of nitrogens with two attached hydrogens (primary N) is 1. The van der Waals surface area contributed by atoms with Crippen LogP contribution in [0.3, 0.4) is 0 Å². The summed E-state index contributed by atoms with van der Waals surface area (Å²) in [4.78, 5) is 0. The molecule has 0 bridgehead atoms. The minimum atomic E-state index is -0.282. The Kier molecular flexibility index (Phi) is 4.96. The van der Waals surface area contributed by atoms with Gasteiger partial charge in [0.15, 0.2) is 0 Å². The number of rotatable bonds is 6. The average Bonchev–Trinajstić information content (AvgIpc) is 2.47. The van der Waals surface area contributed by atoms with E-state index in [-0.39, 0.29) is 5.82 Å². The van der Waals surface area contributed by atoms with Crippen LogP contribution in [-0.4, -0.2) is 6.61 Å². The first kappa shape index (κ1) is 14.3. The van der Waals surface area contributed by atoms with Crippen LogP contribution in [0.1, 0.15) is 18.1 Å². The van der Waals surface area contributed by atoms with Crippen LogP contribution in [0, 0.1) is 5.82 Å². The van der Waals surface area contributed by atoms with Gasteiger partial charge in [-0.15, -0.1) is 0 Å². The van der Waals surface area contributed by atoms with E-state index < -0.39 is 0 Å². The Hall–Kier alpha value is -2.07. The maximum Gasteiger partial charge on any atom is 0.123 e. The van der Waals surface area contributed by atoms with Crippen LogP contribution in [0.15, 0.2) is 42.5 Å². The van der Waals surface area contributed by atoms with Crippen LogP contribution in [0.2, 0.25) is 0 Å². The van der Waals surface area contributed by atoms with Crippen molar-refractivity contribution in [1.29, 1.82) is 0 Å². The number of ether oxygens (including phenoxy) is 2. The molecule has 2 rings (SSSR count). The lowest BCUT2D eigenvalue weighted by Gasteiger charge is -2.11. The molecule has 0 aliphatic carbocycles. The summed E-state index contributed by atoms with van der Waals surface area (Å²) < 4.78 is 24.1. The van der Waals surface area contributed by atoms with E-state index in [0.29, 0.717) is 19.8 Å². The predicted molar refractivity (Wildman–Crippen MR) is 76.2 cm³/mol. The first-order valence-corrected chi connectivity index (χ1v) is 6.56. The molecule has 4 heteroatoms. The number of hydrogen-bond acceptors (Lipinski definition) is 3. The molecule has 0 aliphatic heterocycles. The first-order valence-electron chi connectivity index (χ1n) is 6.56. The first-order chi connectivity index (χ1) is 9.72. The molecular formula is C16H18FNO2. The van der Waals surface area contributed by atoms with Crippen LogP contribution in [0.5, 0.6) is 11.5 Å². The van der Waals surface area contributed by atoms with Crippen LogP contribution in [-0.2, 0) is 13.2 Å². The Labute approximate surface area is 118 Å². The van der Waals surface area contributed by atoms with Gasteiger partial charge in [-0.2, -0.15) is 0 Å². The SMILES string of the molecule is CCOc1ccc(OCc2ccc(F)cc2CN)cc1. The third-order valence-electron chi connectivity index (χ3n) is 2.92. The standard InChI is InChI=1S/C16H18FNO2/c1-2-19-15-5-7-16(8-6-15)20-11-12-3-4-14(17)9-13(12)10-18/h3-9H,2,10-11,18H2,1H3. The molecule has 0 atom stereocenters. The lowest BCUT2D eigenvalue weighted by atomic mass is 10.1. The highest BCUT2D eigenvalue weighted by atomic mass is 19.1. The van der Waals surface area contributed by atoms with Gasteiger partial charge in [-0.3, -0.25) is 0 Å². The number of halogens is 1. The monoisotopic (exact) mass is 275 g/mol. The topological polar surface area (TPSA) is 44.5 Å². The van der Waals surface area contributed by atoms with Gasteiger partial charge in [-0.25, -0.2) is 4.39 Å². The molecule has 0 aromatic heterocycles. The zero-order valence-corrected chi connectivity index (χ0v) is 11.4. The molecule has 2 aromatic rings. The molecule has 0 spiro atoms. The van der Waals surface area contributed by atoms with E-state index >= 15 is 0 Å². The predicted octanol–water partition coefficient (Wildman–Crippen LogP) is 3.26. The van der Waals surface area contributed by atoms with Gasteiger partial charge < -0.3 is 15.2 Å². The Balaban J connectivity index is 2.01. The molecule has 106 valence electrons. The van der Waals surface area contributed by atoms with E-state index in [0.717, 1.165) is 22.6 Å². The Morgan fingerprint density at radius 1 is 0.950 bits per heavy atom. The summed E-state index contributed by atoms with van der Waals surface area (Å²) in [5.41, 5.74) is 7.25. The highest BCUT2D eigenvalue weighted by Gasteiger charge is 2.04. The number of benzene rings is 2. The van der Waals surface area contributed by atoms with Gasteiger partial charge in [-0.05, 0) is 54.4 Å². The second kappa shape index (κ2) is 6.91. The lowest BCUT2D eigenvalue weighted by Crippen LogP contribution is -2.05. The van der Waals surface area contributed by atoms with Gasteiger partial charge in [0.05, 0.1) is 6.61 Å². The van der Waals surface area contributed by atoms with Crippen molar-refractivity contribution >= 4 is 0 Å². The molecule has 3 nitrogen and oxygen atoms in total. The van der Waals surface area contributed by atoms with E-state index in [1.54, 1.807) is 6.07 Å². The molecule has 0 aliphatic rings. The van der Waals surface area contributed by atoms with Gasteiger partial charge in [0, 0.05) is 6.54 Å². The van der Waals surface area contributed by atoms with Crippen LogP contribution in [0.4, 0.5) is 4.39 Å². The second-order valence-corrected chi connectivity index (χ2v) is 4.31. The summed E-state index contributed by atoms with van der Waals surface area (Å²) in [6.45, 7) is 3.23. The Bertz CT molecular complexity index is 555. The normalized spacial score (nSPS) is 10.3. The molecule has 0 heterocycles. The summed E-state index contributed by atoms with van der Waals surface area (Å²) in [5, 5.41) is 0. The van der Waals surface area contributed by atoms with Crippen molar-refractivity contribution in [2.75, 3.05) is 6.61 Å². The van der Waals surface area contributed by atoms with Crippen molar-refractivity contribution in [2.24, 2.45) is 5.73 Å². The van der Waals surface area contributed by atoms with E-state index in [4.69, 9.17) is 15.2 Å². The van der Waals surface area contributed by atoms with E-state index in [1.165, 1.54) is 12.1 Å². The quantitative estimate of drug-likeness (QED) is 0.880. The number of hydrogen-bond donors (Lipinski definition) is 1. The molecule has 0 saturated heterocycles. The third-order valence-corrected chi connectivity index (χ3v) is 2.92. The average molecular weight is 275 g/mol. The smallest absolute Gasteiger partial charge is 0.123 e. The molecule has 2 aromatic carbocycles. The van der Waals surface area contributed by atoms with Crippen molar-refractivity contribution in [2.45, 2.75) is 20.1 Å². The Morgan fingerprint density at radius 3 is 2.20 bits per heavy atom. The van der Waals surface area contributed by atoms with Crippen molar-refractivity contribution in [3.63, 3.8) is 0 Å². The molecule has 0 saturated carbocycles. The van der Waals surface area contributed by atoms with Gasteiger partial charge >= 0.3 is 0 Å². The van der Waals surface area contributed by atoms with E-state index in [9.17, 15) is 4.39 Å². The van der Waals surface area contributed by atoms with Crippen molar-refractivity contribution in [3.05, 3.63) is 59.4 Å². The highest BCUT2D eigenvalue weighted by molar-refractivity contribution is 5.32. The summed E-state index contributed by atoms with van der Waals surface area (Å²) in [7, 11) is 0. The highest BCUT2D eigenvalue weighted by Crippen LogP contribution is 2.19. The van der Waals surface area contributed by atoms with Gasteiger partial charge in [0.1, 0.15) is 23.9 Å². The fourth-order valence-corrected chi connectivity index (χ4v) is 1.89. The lowest BCUT2D eigenvalue weighted by molar-refractivity contribution is 0.302. The third kappa shape index (κ3) is 3.71. The van der Waals surface area contributed by atoms with Crippen molar-refractivity contribution in [3.8, 4) is 11.5 Å². The van der Waals surface area contributed by atoms with Crippen LogP contribution >= 0.6 is 0 Å². The molecular weight excluding hydrogens is 257 g/mol. The van der Waals surface area contributed by atoms with Gasteiger partial charge in [-0.1, -0.05) is 6.07 Å². The summed E-state index contributed by atoms with van der Waals surface area (Å²) in [5.74, 6) is 1.26. The minimum Gasteiger partial charge on any atom is -0.494 e. The summed E-state index contributed by atoms with van der Waals surface area (Å²) in [6.07, 6.45) is 0. The summed E-state index contributed by atoms with van der Waals surface area (Å²) in [6, 6.07) is 12.0. The zero-order valence-electron chi connectivity index (χ0n) is 11.4. The minimum absolute atomic E-state index is 0.282. The van der Waals surface area contributed by atoms with E-state index in [1.807, 2.05) is 31.2 Å². The fourth-order valence-electron chi connectivity index (χ4n) is 1.89. The zero-order chi connectivity index (χ0) is 14.4. The molecule has 0 unspecified atom stereocenters. The molecule has 20 heavy (non-hydrogen) atoms. The van der Waals surface area contributed by atoms with Crippen molar-refractivity contribution < 1.29 is 13.9 Å². The van der Waals surface area contributed by atoms with Crippen molar-refractivity contribution in [1.82, 2.24) is 0 Å². The second-order valence-electron chi connectivity index (χ2n) is 4.31. The van der Waals surface area contributed by atoms with E-state index in [2.05, 4.69) is 0 Å².